The molecule has 0 rings (SSSR count). The molecule has 0 aromatic carbocycles. The lowest BCUT2D eigenvalue weighted by atomic mass is 10.0. The number of rotatable bonds is 25. The highest BCUT2D eigenvalue weighted by Gasteiger charge is 2.01. The van der Waals surface area contributed by atoms with Crippen LogP contribution in [0.3, 0.4) is 0 Å². The third-order valence-electron chi connectivity index (χ3n) is 5.24. The molecule has 0 aliphatic carbocycles. The highest BCUT2D eigenvalue weighted by molar-refractivity contribution is 7.85. The summed E-state index contributed by atoms with van der Waals surface area (Å²) in [7, 11) is -3.33. The molecule has 0 saturated heterocycles. The first kappa shape index (κ1) is 30.6. The van der Waals surface area contributed by atoms with Crippen molar-refractivity contribution in [2.75, 3.05) is 39.3 Å². The maximum Gasteiger partial charge on any atom is 0.264 e. The fourth-order valence-electron chi connectivity index (χ4n) is 3.39. The van der Waals surface area contributed by atoms with E-state index in [4.69, 9.17) is 9.47 Å². The number of hydrogen-bond acceptors (Lipinski definition) is 5. The summed E-state index contributed by atoms with van der Waals surface area (Å²) in [6.07, 6.45) is 21.6. The Hall–Kier alpha value is -0.430. The average molecular weight is 463 g/mol. The Labute approximate surface area is 193 Å². The predicted octanol–water partition coefficient (Wildman–Crippen LogP) is 6.81. The Morgan fingerprint density at radius 2 is 0.968 bits per heavy atom. The summed E-state index contributed by atoms with van der Waals surface area (Å²) in [5.74, 6) is 0. The molecule has 0 radical (unpaired) electrons. The molecule has 0 spiro atoms. The Morgan fingerprint density at radius 3 is 1.39 bits per heavy atom. The summed E-state index contributed by atoms with van der Waals surface area (Å²) < 4.78 is 37.5. The molecule has 0 heterocycles. The summed E-state index contributed by atoms with van der Waals surface area (Å²) in [4.78, 5) is 0. The van der Waals surface area contributed by atoms with E-state index < -0.39 is 10.1 Å². The van der Waals surface area contributed by atoms with Gasteiger partial charge in [0.1, 0.15) is 0 Å². The van der Waals surface area contributed by atoms with E-state index in [1.807, 2.05) is 0 Å². The van der Waals surface area contributed by atoms with Crippen LogP contribution in [-0.4, -0.2) is 47.7 Å². The summed E-state index contributed by atoms with van der Waals surface area (Å²) in [6, 6.07) is 0. The van der Waals surface area contributed by atoms with E-state index in [2.05, 4.69) is 17.7 Å². The molecule has 6 heteroatoms. The molecule has 0 bridgehead atoms. The molecule has 0 atom stereocenters. The summed E-state index contributed by atoms with van der Waals surface area (Å²) in [6.45, 7) is 8.87. The molecule has 0 aliphatic heterocycles. The highest BCUT2D eigenvalue weighted by atomic mass is 32.2. The van der Waals surface area contributed by atoms with Gasteiger partial charge in [0.25, 0.3) is 10.1 Å². The normalized spacial score (nSPS) is 11.8. The van der Waals surface area contributed by atoms with Gasteiger partial charge in [0.15, 0.2) is 0 Å². The van der Waals surface area contributed by atoms with Crippen LogP contribution < -0.4 is 0 Å². The van der Waals surface area contributed by atoms with Gasteiger partial charge in [0.05, 0.1) is 26.1 Å². The summed E-state index contributed by atoms with van der Waals surface area (Å²) in [5.41, 5.74) is 0.942. The van der Waals surface area contributed by atoms with Crippen molar-refractivity contribution in [3.05, 3.63) is 12.2 Å². The fourth-order valence-corrected chi connectivity index (χ4v) is 3.81. The Morgan fingerprint density at radius 1 is 0.613 bits per heavy atom. The smallest absolute Gasteiger partial charge is 0.264 e. The monoisotopic (exact) mass is 462 g/mol. The molecule has 0 N–H and O–H groups in total. The van der Waals surface area contributed by atoms with E-state index >= 15 is 0 Å². The van der Waals surface area contributed by atoms with E-state index in [0.717, 1.165) is 31.3 Å². The van der Waals surface area contributed by atoms with Gasteiger partial charge in [-0.3, -0.25) is 4.18 Å². The van der Waals surface area contributed by atoms with Gasteiger partial charge in [-0.15, -0.1) is 0 Å². The molecule has 0 saturated carbocycles. The van der Waals surface area contributed by atoms with Crippen molar-refractivity contribution >= 4 is 10.1 Å². The molecule has 0 aliphatic rings. The summed E-state index contributed by atoms with van der Waals surface area (Å²) in [5, 5.41) is 0. The van der Waals surface area contributed by atoms with Gasteiger partial charge >= 0.3 is 0 Å². The topological polar surface area (TPSA) is 61.8 Å². The van der Waals surface area contributed by atoms with Crippen molar-refractivity contribution in [3.63, 3.8) is 0 Å². The maximum absolute atomic E-state index is 10.8. The Balaban J connectivity index is 3.19. The maximum atomic E-state index is 10.8. The summed E-state index contributed by atoms with van der Waals surface area (Å²) >= 11 is 0. The fraction of sp³-hybridized carbons (Fsp3) is 0.920. The van der Waals surface area contributed by atoms with Gasteiger partial charge in [0, 0.05) is 13.2 Å². The predicted molar refractivity (Wildman–Crippen MR) is 131 cm³/mol. The van der Waals surface area contributed by atoms with Crippen LogP contribution in [0, 0.1) is 0 Å². The van der Waals surface area contributed by atoms with Crippen LogP contribution in [0.15, 0.2) is 12.2 Å². The standard InChI is InChI=1S/C25H50O5S/c1-4-5-6-7-8-9-10-11-12-13-14-15-16-17-20-28-23-25(2)24-29-21-18-19-22-30-31(3,26)27/h2,4-24H2,1,3H3. The van der Waals surface area contributed by atoms with Crippen LogP contribution in [0.1, 0.15) is 110 Å². The quantitative estimate of drug-likeness (QED) is 0.0846. The number of unbranched alkanes of at least 4 members (excludes halogenated alkanes) is 14. The first-order valence-corrected chi connectivity index (χ1v) is 14.4. The van der Waals surface area contributed by atoms with Crippen LogP contribution in [-0.2, 0) is 23.8 Å². The minimum Gasteiger partial charge on any atom is -0.377 e. The van der Waals surface area contributed by atoms with Crippen molar-refractivity contribution in [3.8, 4) is 0 Å². The van der Waals surface area contributed by atoms with Gasteiger partial charge in [-0.2, -0.15) is 8.42 Å². The minimum atomic E-state index is -3.33. The zero-order valence-corrected chi connectivity index (χ0v) is 21.3. The van der Waals surface area contributed by atoms with E-state index in [9.17, 15) is 8.42 Å². The van der Waals surface area contributed by atoms with E-state index in [0.29, 0.717) is 26.2 Å². The molecular formula is C25H50O5S. The van der Waals surface area contributed by atoms with Crippen molar-refractivity contribution < 1.29 is 22.1 Å². The second-order valence-electron chi connectivity index (χ2n) is 8.68. The second kappa shape index (κ2) is 22.8. The lowest BCUT2D eigenvalue weighted by molar-refractivity contribution is 0.113. The van der Waals surface area contributed by atoms with Crippen LogP contribution in [0.5, 0.6) is 0 Å². The van der Waals surface area contributed by atoms with Crippen molar-refractivity contribution in [1.29, 1.82) is 0 Å². The second-order valence-corrected chi connectivity index (χ2v) is 10.3. The van der Waals surface area contributed by atoms with Crippen LogP contribution in [0.4, 0.5) is 0 Å². The number of ether oxygens (including phenoxy) is 2. The Kier molecular flexibility index (Phi) is 22.4. The van der Waals surface area contributed by atoms with Crippen LogP contribution in [0.2, 0.25) is 0 Å². The molecule has 186 valence electrons. The molecule has 0 aromatic rings. The third kappa shape index (κ3) is 27.5. The molecular weight excluding hydrogens is 412 g/mol. The highest BCUT2D eigenvalue weighted by Crippen LogP contribution is 2.13. The van der Waals surface area contributed by atoms with Crippen molar-refractivity contribution in [1.82, 2.24) is 0 Å². The zero-order chi connectivity index (χ0) is 23.0. The van der Waals surface area contributed by atoms with E-state index in [1.54, 1.807) is 0 Å². The molecule has 5 nitrogen and oxygen atoms in total. The lowest BCUT2D eigenvalue weighted by Gasteiger charge is -2.08. The van der Waals surface area contributed by atoms with Crippen LogP contribution >= 0.6 is 0 Å². The van der Waals surface area contributed by atoms with E-state index in [-0.39, 0.29) is 6.61 Å². The molecule has 0 unspecified atom stereocenters. The van der Waals surface area contributed by atoms with Gasteiger partial charge in [-0.1, -0.05) is 97.0 Å². The SMILES string of the molecule is C=C(COCCCCCCCCCCCCCCCC)COCCCCOS(C)(=O)=O. The van der Waals surface area contributed by atoms with Crippen molar-refractivity contribution in [2.24, 2.45) is 0 Å². The Bertz CT molecular complexity index is 490. The van der Waals surface area contributed by atoms with Crippen LogP contribution in [0.25, 0.3) is 0 Å². The van der Waals surface area contributed by atoms with Gasteiger partial charge in [0.2, 0.25) is 0 Å². The van der Waals surface area contributed by atoms with Gasteiger partial charge in [-0.05, 0) is 24.8 Å². The molecule has 0 aromatic heterocycles. The molecule has 0 fully saturated rings. The largest absolute Gasteiger partial charge is 0.377 e. The van der Waals surface area contributed by atoms with E-state index in [1.165, 1.54) is 83.5 Å². The third-order valence-corrected chi connectivity index (χ3v) is 5.83. The number of hydrogen-bond donors (Lipinski definition) is 0. The average Bonchev–Trinajstić information content (AvgIpc) is 2.72. The minimum absolute atomic E-state index is 0.214. The van der Waals surface area contributed by atoms with Crippen molar-refractivity contribution in [2.45, 2.75) is 110 Å². The van der Waals surface area contributed by atoms with Gasteiger partial charge < -0.3 is 9.47 Å². The molecule has 31 heavy (non-hydrogen) atoms. The molecule has 0 amide bonds. The lowest BCUT2D eigenvalue weighted by Crippen LogP contribution is -2.08. The first-order valence-electron chi connectivity index (χ1n) is 12.6. The first-order chi connectivity index (χ1) is 15.0. The zero-order valence-electron chi connectivity index (χ0n) is 20.5. The van der Waals surface area contributed by atoms with Gasteiger partial charge in [-0.25, -0.2) is 0 Å².